The SMILES string of the molecule is C[C@@H](O)C(=O)N1CCO[C@@H](c2ccccc2C(F)(F)F)C1. The van der Waals surface area contributed by atoms with Crippen molar-refractivity contribution in [2.45, 2.75) is 25.3 Å². The van der Waals surface area contributed by atoms with Crippen molar-refractivity contribution in [3.8, 4) is 0 Å². The molecule has 1 saturated heterocycles. The molecule has 2 atom stereocenters. The summed E-state index contributed by atoms with van der Waals surface area (Å²) in [6, 6.07) is 5.16. The molecule has 1 aliphatic heterocycles. The molecule has 1 N–H and O–H groups in total. The van der Waals surface area contributed by atoms with E-state index in [0.29, 0.717) is 0 Å². The van der Waals surface area contributed by atoms with Crippen LogP contribution in [-0.2, 0) is 15.7 Å². The summed E-state index contributed by atoms with van der Waals surface area (Å²) in [5.41, 5.74) is -0.755. The molecule has 0 aliphatic carbocycles. The zero-order valence-corrected chi connectivity index (χ0v) is 11.4. The summed E-state index contributed by atoms with van der Waals surface area (Å²) in [6.45, 7) is 1.72. The second-order valence-electron chi connectivity index (χ2n) is 4.90. The summed E-state index contributed by atoms with van der Waals surface area (Å²) in [5, 5.41) is 9.30. The molecule has 0 unspecified atom stereocenters. The molecule has 7 heteroatoms. The average molecular weight is 303 g/mol. The number of aliphatic hydroxyl groups is 1. The van der Waals surface area contributed by atoms with E-state index in [1.54, 1.807) is 0 Å². The first-order valence-electron chi connectivity index (χ1n) is 6.55. The van der Waals surface area contributed by atoms with Gasteiger partial charge in [-0.1, -0.05) is 18.2 Å². The van der Waals surface area contributed by atoms with Crippen molar-refractivity contribution >= 4 is 5.91 Å². The first kappa shape index (κ1) is 15.8. The number of amides is 1. The Morgan fingerprint density at radius 1 is 1.43 bits per heavy atom. The Morgan fingerprint density at radius 2 is 2.10 bits per heavy atom. The van der Waals surface area contributed by atoms with Crippen LogP contribution in [0.15, 0.2) is 24.3 Å². The molecule has 116 valence electrons. The molecule has 0 spiro atoms. The number of benzene rings is 1. The zero-order valence-electron chi connectivity index (χ0n) is 11.4. The molecule has 0 saturated carbocycles. The lowest BCUT2D eigenvalue weighted by Crippen LogP contribution is -2.46. The van der Waals surface area contributed by atoms with E-state index in [1.807, 2.05) is 0 Å². The van der Waals surface area contributed by atoms with Crippen LogP contribution >= 0.6 is 0 Å². The van der Waals surface area contributed by atoms with Crippen LogP contribution in [0.1, 0.15) is 24.2 Å². The smallest absolute Gasteiger partial charge is 0.384 e. The Bertz CT molecular complexity index is 516. The molecular weight excluding hydrogens is 287 g/mol. The first-order valence-corrected chi connectivity index (χ1v) is 6.55. The fourth-order valence-electron chi connectivity index (χ4n) is 2.34. The number of ether oxygens (including phenoxy) is 1. The van der Waals surface area contributed by atoms with Crippen LogP contribution in [0.5, 0.6) is 0 Å². The van der Waals surface area contributed by atoms with E-state index in [4.69, 9.17) is 4.74 Å². The third-order valence-electron chi connectivity index (χ3n) is 3.35. The fraction of sp³-hybridized carbons (Fsp3) is 0.500. The minimum absolute atomic E-state index is 0.00315. The van der Waals surface area contributed by atoms with Gasteiger partial charge < -0.3 is 14.7 Å². The number of rotatable bonds is 2. The maximum absolute atomic E-state index is 13.0. The number of alkyl halides is 3. The molecule has 1 heterocycles. The Balaban J connectivity index is 2.25. The molecule has 0 bridgehead atoms. The van der Waals surface area contributed by atoms with Gasteiger partial charge in [-0.25, -0.2) is 0 Å². The molecule has 1 fully saturated rings. The standard InChI is InChI=1S/C14H16F3NO3/c1-9(19)13(20)18-6-7-21-12(8-18)10-4-2-3-5-11(10)14(15,16)17/h2-5,9,12,19H,6-8H2,1H3/t9-,12-/m1/s1. The predicted molar refractivity (Wildman–Crippen MR) is 68.4 cm³/mol. The normalized spacial score (nSPS) is 21.2. The summed E-state index contributed by atoms with van der Waals surface area (Å²) < 4.78 is 44.4. The van der Waals surface area contributed by atoms with Gasteiger partial charge in [0.2, 0.25) is 0 Å². The van der Waals surface area contributed by atoms with Crippen LogP contribution in [0.25, 0.3) is 0 Å². The van der Waals surface area contributed by atoms with Gasteiger partial charge in [0.1, 0.15) is 12.2 Å². The van der Waals surface area contributed by atoms with Gasteiger partial charge in [-0.05, 0) is 18.6 Å². The van der Waals surface area contributed by atoms with Gasteiger partial charge in [0.15, 0.2) is 0 Å². The predicted octanol–water partition coefficient (Wildman–Crippen LogP) is 1.99. The molecule has 0 radical (unpaired) electrons. The van der Waals surface area contributed by atoms with Crippen molar-refractivity contribution in [2.24, 2.45) is 0 Å². The minimum atomic E-state index is -4.48. The van der Waals surface area contributed by atoms with Crippen molar-refractivity contribution in [3.63, 3.8) is 0 Å². The number of halogens is 3. The minimum Gasteiger partial charge on any atom is -0.384 e. The fourth-order valence-corrected chi connectivity index (χ4v) is 2.34. The van der Waals surface area contributed by atoms with Crippen LogP contribution in [0.4, 0.5) is 13.2 Å². The molecule has 0 aromatic heterocycles. The summed E-state index contributed by atoms with van der Waals surface area (Å²) in [4.78, 5) is 13.1. The van der Waals surface area contributed by atoms with Crippen LogP contribution in [0.3, 0.4) is 0 Å². The lowest BCUT2D eigenvalue weighted by molar-refractivity contribution is -0.148. The Kier molecular flexibility index (Phi) is 4.53. The van der Waals surface area contributed by atoms with Crippen molar-refractivity contribution < 1.29 is 27.8 Å². The first-order chi connectivity index (χ1) is 9.80. The topological polar surface area (TPSA) is 49.8 Å². The quantitative estimate of drug-likeness (QED) is 0.909. The number of morpholine rings is 1. The van der Waals surface area contributed by atoms with E-state index >= 15 is 0 Å². The molecule has 1 aromatic rings. The third-order valence-corrected chi connectivity index (χ3v) is 3.35. The van der Waals surface area contributed by atoms with E-state index in [1.165, 1.54) is 30.0 Å². The third kappa shape index (κ3) is 3.54. The van der Waals surface area contributed by atoms with E-state index < -0.39 is 29.9 Å². The number of hydrogen-bond donors (Lipinski definition) is 1. The summed E-state index contributed by atoms with van der Waals surface area (Å²) >= 11 is 0. The monoisotopic (exact) mass is 303 g/mol. The molecular formula is C14H16F3NO3. The highest BCUT2D eigenvalue weighted by Gasteiger charge is 2.37. The second kappa shape index (κ2) is 6.03. The van der Waals surface area contributed by atoms with Gasteiger partial charge in [0.25, 0.3) is 5.91 Å². The van der Waals surface area contributed by atoms with Gasteiger partial charge >= 0.3 is 6.18 Å². The Labute approximate surface area is 120 Å². The van der Waals surface area contributed by atoms with Crippen molar-refractivity contribution in [3.05, 3.63) is 35.4 Å². The van der Waals surface area contributed by atoms with E-state index in [-0.39, 0.29) is 25.3 Å². The van der Waals surface area contributed by atoms with Crippen molar-refractivity contribution in [2.75, 3.05) is 19.7 Å². The van der Waals surface area contributed by atoms with E-state index in [0.717, 1.165) is 6.07 Å². The van der Waals surface area contributed by atoms with Crippen molar-refractivity contribution in [1.82, 2.24) is 4.90 Å². The lowest BCUT2D eigenvalue weighted by atomic mass is 10.0. The number of hydrogen-bond acceptors (Lipinski definition) is 3. The largest absolute Gasteiger partial charge is 0.416 e. The van der Waals surface area contributed by atoms with Crippen LogP contribution in [0, 0.1) is 0 Å². The van der Waals surface area contributed by atoms with Gasteiger partial charge in [-0.3, -0.25) is 4.79 Å². The van der Waals surface area contributed by atoms with Gasteiger partial charge in [0, 0.05) is 6.54 Å². The van der Waals surface area contributed by atoms with E-state index in [9.17, 15) is 23.1 Å². The molecule has 21 heavy (non-hydrogen) atoms. The molecule has 4 nitrogen and oxygen atoms in total. The van der Waals surface area contributed by atoms with E-state index in [2.05, 4.69) is 0 Å². The van der Waals surface area contributed by atoms with Crippen LogP contribution in [0.2, 0.25) is 0 Å². The molecule has 1 aliphatic rings. The summed E-state index contributed by atoms with van der Waals surface area (Å²) in [6.07, 6.45) is -6.50. The van der Waals surface area contributed by atoms with Gasteiger partial charge in [-0.15, -0.1) is 0 Å². The number of aliphatic hydroxyl groups excluding tert-OH is 1. The molecule has 1 aromatic carbocycles. The number of carbonyl (C=O) groups excluding carboxylic acids is 1. The number of nitrogens with zero attached hydrogens (tertiary/aromatic N) is 1. The second-order valence-corrected chi connectivity index (χ2v) is 4.90. The van der Waals surface area contributed by atoms with Gasteiger partial charge in [-0.2, -0.15) is 13.2 Å². The summed E-state index contributed by atoms with van der Waals surface area (Å²) in [5.74, 6) is -0.507. The highest BCUT2D eigenvalue weighted by Crippen LogP contribution is 2.36. The average Bonchev–Trinajstić information content (AvgIpc) is 2.45. The Morgan fingerprint density at radius 3 is 2.71 bits per heavy atom. The van der Waals surface area contributed by atoms with Crippen LogP contribution < -0.4 is 0 Å². The Hall–Kier alpha value is -1.60. The maximum Gasteiger partial charge on any atom is 0.416 e. The zero-order chi connectivity index (χ0) is 15.6. The number of carbonyl (C=O) groups is 1. The van der Waals surface area contributed by atoms with Crippen molar-refractivity contribution in [1.29, 1.82) is 0 Å². The lowest BCUT2D eigenvalue weighted by Gasteiger charge is -2.34. The van der Waals surface area contributed by atoms with Gasteiger partial charge in [0.05, 0.1) is 18.7 Å². The highest BCUT2D eigenvalue weighted by molar-refractivity contribution is 5.80. The van der Waals surface area contributed by atoms with Crippen LogP contribution in [-0.4, -0.2) is 41.7 Å². The highest BCUT2D eigenvalue weighted by atomic mass is 19.4. The molecule has 2 rings (SSSR count). The molecule has 1 amide bonds. The maximum atomic E-state index is 13.0. The summed E-state index contributed by atoms with van der Waals surface area (Å²) in [7, 11) is 0.